The van der Waals surface area contributed by atoms with Crippen molar-refractivity contribution in [3.63, 3.8) is 0 Å². The van der Waals surface area contributed by atoms with E-state index in [4.69, 9.17) is 9.47 Å². The monoisotopic (exact) mass is 355 g/mol. The van der Waals surface area contributed by atoms with E-state index < -0.39 is 30.2 Å². The largest absolute Gasteiger partial charge is 0.497 e. The third-order valence-corrected chi connectivity index (χ3v) is 4.28. The Balaban J connectivity index is 2.14. The number of carbonyl (C=O) groups is 3. The van der Waals surface area contributed by atoms with E-state index in [-0.39, 0.29) is 16.9 Å². The van der Waals surface area contributed by atoms with Crippen LogP contribution in [0.1, 0.15) is 32.3 Å². The van der Waals surface area contributed by atoms with Crippen LogP contribution in [0.4, 0.5) is 0 Å². The highest BCUT2D eigenvalue weighted by Gasteiger charge is 2.44. The summed E-state index contributed by atoms with van der Waals surface area (Å²) in [5.41, 5.74) is 0.739. The van der Waals surface area contributed by atoms with E-state index >= 15 is 0 Å². The molecule has 0 spiro atoms. The van der Waals surface area contributed by atoms with Gasteiger partial charge in [0.1, 0.15) is 24.1 Å². The molecule has 7 heteroatoms. The van der Waals surface area contributed by atoms with E-state index in [0.29, 0.717) is 11.3 Å². The SMILES string of the molecule is COc1ccc(C(C(=O)CO)N2C(=O)c3ccccc3C2=O)c(OC)c1. The van der Waals surface area contributed by atoms with Crippen molar-refractivity contribution in [3.05, 3.63) is 59.2 Å². The van der Waals surface area contributed by atoms with Gasteiger partial charge in [-0.05, 0) is 24.3 Å². The number of hydrogen-bond acceptors (Lipinski definition) is 6. The molecule has 1 N–H and O–H groups in total. The summed E-state index contributed by atoms with van der Waals surface area (Å²) in [5, 5.41) is 9.42. The minimum atomic E-state index is -1.30. The molecule has 0 fully saturated rings. The van der Waals surface area contributed by atoms with Gasteiger partial charge in [-0.2, -0.15) is 0 Å². The van der Waals surface area contributed by atoms with Gasteiger partial charge in [-0.1, -0.05) is 12.1 Å². The summed E-state index contributed by atoms with van der Waals surface area (Å²) in [6, 6.07) is 9.73. The van der Waals surface area contributed by atoms with Crippen LogP contribution in [0, 0.1) is 0 Å². The molecule has 3 rings (SSSR count). The number of imide groups is 1. The number of nitrogens with zero attached hydrogens (tertiary/aromatic N) is 1. The smallest absolute Gasteiger partial charge is 0.262 e. The highest BCUT2D eigenvalue weighted by atomic mass is 16.5. The van der Waals surface area contributed by atoms with Gasteiger partial charge in [0.25, 0.3) is 11.8 Å². The fourth-order valence-electron chi connectivity index (χ4n) is 3.03. The maximum absolute atomic E-state index is 12.8. The zero-order valence-corrected chi connectivity index (χ0v) is 14.3. The molecule has 1 heterocycles. The summed E-state index contributed by atoms with van der Waals surface area (Å²) in [5.74, 6) is -1.11. The van der Waals surface area contributed by atoms with Gasteiger partial charge in [0.2, 0.25) is 0 Å². The van der Waals surface area contributed by atoms with Crippen LogP contribution in [0.5, 0.6) is 11.5 Å². The molecule has 2 aromatic rings. The minimum absolute atomic E-state index is 0.223. The highest BCUT2D eigenvalue weighted by molar-refractivity contribution is 6.23. The molecule has 0 saturated carbocycles. The summed E-state index contributed by atoms with van der Waals surface area (Å²) in [6.07, 6.45) is 0. The lowest BCUT2D eigenvalue weighted by Gasteiger charge is -2.26. The zero-order valence-electron chi connectivity index (χ0n) is 14.3. The molecule has 0 bridgehead atoms. The minimum Gasteiger partial charge on any atom is -0.497 e. The van der Waals surface area contributed by atoms with Crippen molar-refractivity contribution in [2.45, 2.75) is 6.04 Å². The molecule has 0 aliphatic carbocycles. The Bertz CT molecular complexity index is 856. The van der Waals surface area contributed by atoms with E-state index in [1.54, 1.807) is 30.3 Å². The Morgan fingerprint density at radius 3 is 2.15 bits per heavy atom. The zero-order chi connectivity index (χ0) is 18.8. The Hall–Kier alpha value is -3.19. The van der Waals surface area contributed by atoms with Crippen LogP contribution in [-0.4, -0.2) is 48.4 Å². The van der Waals surface area contributed by atoms with Gasteiger partial charge in [-0.15, -0.1) is 0 Å². The Labute approximate surface area is 149 Å². The van der Waals surface area contributed by atoms with E-state index in [2.05, 4.69) is 0 Å². The number of fused-ring (bicyclic) bond motifs is 1. The number of benzene rings is 2. The topological polar surface area (TPSA) is 93.1 Å². The lowest BCUT2D eigenvalue weighted by Crippen LogP contribution is -2.39. The molecule has 7 nitrogen and oxygen atoms in total. The van der Waals surface area contributed by atoms with Crippen molar-refractivity contribution in [2.75, 3.05) is 20.8 Å². The quantitative estimate of drug-likeness (QED) is 0.791. The second-order valence-corrected chi connectivity index (χ2v) is 5.66. The number of carbonyl (C=O) groups excluding carboxylic acids is 3. The van der Waals surface area contributed by atoms with Crippen molar-refractivity contribution >= 4 is 17.6 Å². The fourth-order valence-corrected chi connectivity index (χ4v) is 3.03. The molecular weight excluding hydrogens is 338 g/mol. The fraction of sp³-hybridized carbons (Fsp3) is 0.211. The number of aliphatic hydroxyl groups is 1. The first-order chi connectivity index (χ1) is 12.5. The van der Waals surface area contributed by atoms with Crippen LogP contribution in [-0.2, 0) is 4.79 Å². The Kier molecular flexibility index (Phi) is 4.73. The molecule has 134 valence electrons. The van der Waals surface area contributed by atoms with Crippen molar-refractivity contribution in [1.29, 1.82) is 0 Å². The highest BCUT2D eigenvalue weighted by Crippen LogP contribution is 2.37. The molecular formula is C19H17NO6. The number of Topliss-reactive ketones (excluding diaryl/α,β-unsaturated/α-hetero) is 1. The first-order valence-electron chi connectivity index (χ1n) is 7.86. The molecule has 1 aliphatic heterocycles. The molecule has 2 amide bonds. The second-order valence-electron chi connectivity index (χ2n) is 5.66. The third kappa shape index (κ3) is 2.72. The third-order valence-electron chi connectivity index (χ3n) is 4.28. The summed E-state index contributed by atoms with van der Waals surface area (Å²) in [7, 11) is 2.89. The molecule has 0 radical (unpaired) electrons. The number of ether oxygens (including phenoxy) is 2. The molecule has 1 unspecified atom stereocenters. The van der Waals surface area contributed by atoms with Crippen LogP contribution in [0.25, 0.3) is 0 Å². The lowest BCUT2D eigenvalue weighted by molar-refractivity contribution is -0.125. The molecule has 0 saturated heterocycles. The van der Waals surface area contributed by atoms with E-state index in [1.165, 1.54) is 26.4 Å². The first-order valence-corrected chi connectivity index (χ1v) is 7.86. The van der Waals surface area contributed by atoms with Gasteiger partial charge >= 0.3 is 0 Å². The molecule has 26 heavy (non-hydrogen) atoms. The van der Waals surface area contributed by atoms with Gasteiger partial charge in [0.15, 0.2) is 5.78 Å². The average Bonchev–Trinajstić information content (AvgIpc) is 2.93. The van der Waals surface area contributed by atoms with E-state index in [0.717, 1.165) is 4.90 Å². The van der Waals surface area contributed by atoms with Gasteiger partial charge in [-0.3, -0.25) is 19.3 Å². The van der Waals surface area contributed by atoms with Crippen molar-refractivity contribution in [1.82, 2.24) is 4.90 Å². The van der Waals surface area contributed by atoms with Gasteiger partial charge in [-0.25, -0.2) is 0 Å². The summed E-state index contributed by atoms with van der Waals surface area (Å²) in [6.45, 7) is -0.826. The molecule has 0 aromatic heterocycles. The number of amides is 2. The van der Waals surface area contributed by atoms with E-state index in [1.807, 2.05) is 0 Å². The predicted octanol–water partition coefficient (Wildman–Crippen LogP) is 1.60. The van der Waals surface area contributed by atoms with Gasteiger partial charge < -0.3 is 14.6 Å². The standard InChI is InChI=1S/C19H17NO6/c1-25-11-7-8-14(16(9-11)26-2)17(15(22)10-21)20-18(23)12-5-3-4-6-13(12)19(20)24/h3-9,17,21H,10H2,1-2H3. The Morgan fingerprint density at radius 2 is 1.65 bits per heavy atom. The first kappa shape index (κ1) is 17.6. The molecule has 2 aromatic carbocycles. The number of ketones is 1. The van der Waals surface area contributed by atoms with Crippen LogP contribution in [0.3, 0.4) is 0 Å². The molecule has 1 atom stereocenters. The maximum atomic E-state index is 12.8. The normalized spacial score (nSPS) is 14.2. The maximum Gasteiger partial charge on any atom is 0.262 e. The van der Waals surface area contributed by atoms with Crippen molar-refractivity contribution < 1.29 is 29.0 Å². The van der Waals surface area contributed by atoms with Crippen LogP contribution in [0.2, 0.25) is 0 Å². The summed E-state index contributed by atoms with van der Waals surface area (Å²) >= 11 is 0. The van der Waals surface area contributed by atoms with Gasteiger partial charge in [0.05, 0.1) is 25.3 Å². The number of methoxy groups -OCH3 is 2. The lowest BCUT2D eigenvalue weighted by atomic mass is 9.99. The second kappa shape index (κ2) is 6.97. The van der Waals surface area contributed by atoms with Crippen LogP contribution >= 0.6 is 0 Å². The number of rotatable bonds is 6. The van der Waals surface area contributed by atoms with Crippen molar-refractivity contribution in [2.24, 2.45) is 0 Å². The number of aliphatic hydroxyl groups excluding tert-OH is 1. The van der Waals surface area contributed by atoms with Gasteiger partial charge in [0, 0.05) is 11.6 Å². The van der Waals surface area contributed by atoms with Crippen LogP contribution < -0.4 is 9.47 Å². The number of hydrogen-bond donors (Lipinski definition) is 1. The average molecular weight is 355 g/mol. The Morgan fingerprint density at radius 1 is 1.04 bits per heavy atom. The van der Waals surface area contributed by atoms with E-state index in [9.17, 15) is 19.5 Å². The summed E-state index contributed by atoms with van der Waals surface area (Å²) < 4.78 is 10.4. The summed E-state index contributed by atoms with van der Waals surface area (Å²) in [4.78, 5) is 38.9. The molecule has 1 aliphatic rings. The van der Waals surface area contributed by atoms with Crippen molar-refractivity contribution in [3.8, 4) is 11.5 Å². The van der Waals surface area contributed by atoms with Crippen LogP contribution in [0.15, 0.2) is 42.5 Å². The predicted molar refractivity (Wildman–Crippen MR) is 91.3 cm³/mol.